The normalized spacial score (nSPS) is 13.9. The third-order valence-corrected chi connectivity index (χ3v) is 5.01. The summed E-state index contributed by atoms with van der Waals surface area (Å²) in [5.74, 6) is -0.310. The molecule has 0 radical (unpaired) electrons. The SMILES string of the molecule is CC(Oc1cccc(Br)c1)(C(=O)O)C(O)c1ccc(OCc2ccccc2)cc1. The Hall–Kier alpha value is -2.83. The fourth-order valence-electron chi connectivity index (χ4n) is 2.80. The Balaban J connectivity index is 1.74. The molecule has 3 aromatic rings. The van der Waals surface area contributed by atoms with Crippen molar-refractivity contribution in [2.75, 3.05) is 0 Å². The van der Waals surface area contributed by atoms with Gasteiger partial charge in [-0.25, -0.2) is 4.79 Å². The van der Waals surface area contributed by atoms with E-state index in [9.17, 15) is 15.0 Å². The van der Waals surface area contributed by atoms with Gasteiger partial charge in [-0.05, 0) is 48.4 Å². The van der Waals surface area contributed by atoms with Crippen molar-refractivity contribution >= 4 is 21.9 Å². The van der Waals surface area contributed by atoms with Crippen LogP contribution in [0.5, 0.6) is 11.5 Å². The minimum atomic E-state index is -1.87. The molecule has 3 aromatic carbocycles. The van der Waals surface area contributed by atoms with Gasteiger partial charge in [-0.1, -0.05) is 64.5 Å². The van der Waals surface area contributed by atoms with Gasteiger partial charge >= 0.3 is 5.97 Å². The highest BCUT2D eigenvalue weighted by atomic mass is 79.9. The highest BCUT2D eigenvalue weighted by Crippen LogP contribution is 2.33. The van der Waals surface area contributed by atoms with E-state index in [4.69, 9.17) is 9.47 Å². The zero-order valence-corrected chi connectivity index (χ0v) is 17.4. The Morgan fingerprint density at radius 1 is 1.00 bits per heavy atom. The Kier molecular flexibility index (Phi) is 6.56. The maximum Gasteiger partial charge on any atom is 0.350 e. The molecular weight excluding hydrogens is 436 g/mol. The summed E-state index contributed by atoms with van der Waals surface area (Å²) in [4.78, 5) is 11.9. The molecule has 150 valence electrons. The van der Waals surface area contributed by atoms with E-state index in [-0.39, 0.29) is 0 Å². The van der Waals surface area contributed by atoms with Gasteiger partial charge in [0.15, 0.2) is 0 Å². The summed E-state index contributed by atoms with van der Waals surface area (Å²) in [7, 11) is 0. The van der Waals surface area contributed by atoms with Crippen LogP contribution in [0.25, 0.3) is 0 Å². The highest BCUT2D eigenvalue weighted by molar-refractivity contribution is 9.10. The molecule has 0 aromatic heterocycles. The molecule has 0 saturated heterocycles. The molecule has 0 fully saturated rings. The van der Waals surface area contributed by atoms with Crippen molar-refractivity contribution < 1.29 is 24.5 Å². The number of hydrogen-bond acceptors (Lipinski definition) is 4. The second-order valence-corrected chi connectivity index (χ2v) is 7.63. The number of benzene rings is 3. The second kappa shape index (κ2) is 9.11. The molecule has 2 unspecified atom stereocenters. The third-order valence-electron chi connectivity index (χ3n) is 4.52. The van der Waals surface area contributed by atoms with Gasteiger partial charge in [0.25, 0.3) is 0 Å². The number of carboxylic acid groups (broad SMARTS) is 1. The predicted molar refractivity (Wildman–Crippen MR) is 113 cm³/mol. The largest absolute Gasteiger partial charge is 0.489 e. The first-order valence-electron chi connectivity index (χ1n) is 9.01. The van der Waals surface area contributed by atoms with Gasteiger partial charge in [-0.2, -0.15) is 0 Å². The van der Waals surface area contributed by atoms with Gasteiger partial charge < -0.3 is 19.7 Å². The van der Waals surface area contributed by atoms with E-state index < -0.39 is 17.7 Å². The molecule has 0 aliphatic carbocycles. The Bertz CT molecular complexity index is 959. The van der Waals surface area contributed by atoms with Crippen LogP contribution >= 0.6 is 15.9 Å². The molecule has 0 aliphatic heterocycles. The van der Waals surface area contributed by atoms with Gasteiger partial charge in [0.1, 0.15) is 24.2 Å². The fourth-order valence-corrected chi connectivity index (χ4v) is 3.18. The number of aliphatic hydroxyl groups excluding tert-OH is 1. The predicted octanol–water partition coefficient (Wildman–Crippen LogP) is 4.98. The summed E-state index contributed by atoms with van der Waals surface area (Å²) in [5, 5.41) is 20.5. The minimum absolute atomic E-state index is 0.339. The van der Waals surface area contributed by atoms with E-state index in [0.29, 0.717) is 23.7 Å². The van der Waals surface area contributed by atoms with Crippen molar-refractivity contribution in [1.82, 2.24) is 0 Å². The molecule has 3 rings (SSSR count). The Morgan fingerprint density at radius 2 is 1.69 bits per heavy atom. The summed E-state index contributed by atoms with van der Waals surface area (Å²) >= 11 is 3.32. The number of carbonyl (C=O) groups is 1. The first-order chi connectivity index (χ1) is 13.9. The van der Waals surface area contributed by atoms with Crippen molar-refractivity contribution in [1.29, 1.82) is 0 Å². The van der Waals surface area contributed by atoms with E-state index in [1.807, 2.05) is 30.3 Å². The molecule has 2 atom stereocenters. The van der Waals surface area contributed by atoms with Crippen LogP contribution in [0.3, 0.4) is 0 Å². The van der Waals surface area contributed by atoms with Crippen molar-refractivity contribution in [2.45, 2.75) is 25.2 Å². The summed E-state index contributed by atoms with van der Waals surface area (Å²) in [6, 6.07) is 23.2. The number of hydrogen-bond donors (Lipinski definition) is 2. The standard InChI is InChI=1S/C23H21BrO5/c1-23(22(26)27,29-20-9-5-8-18(24)14-20)21(25)17-10-12-19(13-11-17)28-15-16-6-3-2-4-7-16/h2-14,21,25H,15H2,1H3,(H,26,27). The molecule has 6 heteroatoms. The lowest BCUT2D eigenvalue weighted by atomic mass is 9.92. The summed E-state index contributed by atoms with van der Waals surface area (Å²) in [6.07, 6.45) is -1.39. The Labute approximate surface area is 177 Å². The average Bonchev–Trinajstić information content (AvgIpc) is 2.72. The third kappa shape index (κ3) is 5.16. The van der Waals surface area contributed by atoms with Crippen LogP contribution in [0.4, 0.5) is 0 Å². The summed E-state index contributed by atoms with van der Waals surface area (Å²) in [6.45, 7) is 1.77. The van der Waals surface area contributed by atoms with E-state index in [1.54, 1.807) is 48.5 Å². The molecule has 0 bridgehead atoms. The smallest absolute Gasteiger partial charge is 0.350 e. The van der Waals surface area contributed by atoms with Gasteiger partial charge in [-0.3, -0.25) is 0 Å². The molecule has 0 heterocycles. The van der Waals surface area contributed by atoms with Gasteiger partial charge in [0.05, 0.1) is 0 Å². The lowest BCUT2D eigenvalue weighted by molar-refractivity contribution is -0.164. The number of rotatable bonds is 8. The van der Waals surface area contributed by atoms with Crippen molar-refractivity contribution in [3.8, 4) is 11.5 Å². The van der Waals surface area contributed by atoms with Crippen molar-refractivity contribution in [2.24, 2.45) is 0 Å². The van der Waals surface area contributed by atoms with E-state index >= 15 is 0 Å². The van der Waals surface area contributed by atoms with Gasteiger partial charge in [-0.15, -0.1) is 0 Å². The van der Waals surface area contributed by atoms with Crippen LogP contribution in [-0.2, 0) is 11.4 Å². The molecule has 0 amide bonds. The minimum Gasteiger partial charge on any atom is -0.489 e. The Morgan fingerprint density at radius 3 is 2.31 bits per heavy atom. The average molecular weight is 457 g/mol. The number of halogens is 1. The van der Waals surface area contributed by atoms with E-state index in [1.165, 1.54) is 6.92 Å². The first kappa shape index (κ1) is 20.9. The van der Waals surface area contributed by atoms with Crippen molar-refractivity contribution in [3.63, 3.8) is 0 Å². The maximum absolute atomic E-state index is 11.9. The molecule has 2 N–H and O–H groups in total. The van der Waals surface area contributed by atoms with Crippen molar-refractivity contribution in [3.05, 3.63) is 94.5 Å². The van der Waals surface area contributed by atoms with E-state index in [2.05, 4.69) is 15.9 Å². The highest BCUT2D eigenvalue weighted by Gasteiger charge is 2.44. The summed E-state index contributed by atoms with van der Waals surface area (Å²) < 4.78 is 12.2. The van der Waals surface area contributed by atoms with Gasteiger partial charge in [0.2, 0.25) is 5.60 Å². The lowest BCUT2D eigenvalue weighted by Gasteiger charge is -2.31. The van der Waals surface area contributed by atoms with Gasteiger partial charge in [0, 0.05) is 4.47 Å². The monoisotopic (exact) mass is 456 g/mol. The lowest BCUT2D eigenvalue weighted by Crippen LogP contribution is -2.47. The number of ether oxygens (including phenoxy) is 2. The second-order valence-electron chi connectivity index (χ2n) is 6.72. The molecular formula is C23H21BrO5. The zero-order chi connectivity index (χ0) is 20.9. The fraction of sp³-hybridized carbons (Fsp3) is 0.174. The van der Waals surface area contributed by atoms with Crippen LogP contribution in [0.2, 0.25) is 0 Å². The van der Waals surface area contributed by atoms with Crippen LogP contribution in [-0.4, -0.2) is 21.8 Å². The molecule has 0 spiro atoms. The summed E-state index contributed by atoms with van der Waals surface area (Å²) in [5.41, 5.74) is -0.415. The molecule has 29 heavy (non-hydrogen) atoms. The zero-order valence-electron chi connectivity index (χ0n) is 15.8. The van der Waals surface area contributed by atoms with Crippen LogP contribution in [0, 0.1) is 0 Å². The topological polar surface area (TPSA) is 76.0 Å². The number of carboxylic acids is 1. The van der Waals surface area contributed by atoms with E-state index in [0.717, 1.165) is 10.0 Å². The molecule has 0 aliphatic rings. The molecule has 5 nitrogen and oxygen atoms in total. The molecule has 0 saturated carbocycles. The van der Waals surface area contributed by atoms with Crippen LogP contribution in [0.15, 0.2) is 83.3 Å². The number of aliphatic hydroxyl groups is 1. The number of aliphatic carboxylic acids is 1. The maximum atomic E-state index is 11.9. The van der Waals surface area contributed by atoms with Crippen LogP contribution in [0.1, 0.15) is 24.2 Å². The first-order valence-corrected chi connectivity index (χ1v) is 9.80. The van der Waals surface area contributed by atoms with Crippen LogP contribution < -0.4 is 9.47 Å². The quantitative estimate of drug-likeness (QED) is 0.499.